The molecule has 2 aromatic carbocycles. The van der Waals surface area contributed by atoms with Crippen molar-refractivity contribution in [1.29, 1.82) is 0 Å². The van der Waals surface area contributed by atoms with E-state index in [1.807, 2.05) is 24.3 Å². The molecule has 0 aliphatic carbocycles. The first-order valence-corrected chi connectivity index (χ1v) is 11.2. The second-order valence-electron chi connectivity index (χ2n) is 9.05. The van der Waals surface area contributed by atoms with Crippen LogP contribution in [0.5, 0.6) is 5.75 Å². The predicted molar refractivity (Wildman–Crippen MR) is 124 cm³/mol. The van der Waals surface area contributed by atoms with Crippen LogP contribution in [-0.4, -0.2) is 27.1 Å². The number of para-hydroxylation sites is 1. The van der Waals surface area contributed by atoms with E-state index in [1.165, 1.54) is 24.6 Å². The average Bonchev–Trinajstić information content (AvgIpc) is 3.12. The number of nitrogens with one attached hydrogen (secondary N) is 1. The minimum Gasteiger partial charge on any atom is -0.493 e. The summed E-state index contributed by atoms with van der Waals surface area (Å²) in [6.07, 6.45) is 1.83. The van der Waals surface area contributed by atoms with Gasteiger partial charge >= 0.3 is 0 Å². The maximum Gasteiger partial charge on any atom is 0.253 e. The Hall–Kier alpha value is -3.88. The molecule has 6 nitrogen and oxygen atoms in total. The van der Waals surface area contributed by atoms with Gasteiger partial charge in [0.05, 0.1) is 35.8 Å². The summed E-state index contributed by atoms with van der Waals surface area (Å²) >= 11 is 0. The van der Waals surface area contributed by atoms with Gasteiger partial charge in [0.1, 0.15) is 23.1 Å². The van der Waals surface area contributed by atoms with Crippen LogP contribution in [0, 0.1) is 18.6 Å². The molecule has 1 atom stereocenters. The fourth-order valence-corrected chi connectivity index (χ4v) is 4.60. The highest BCUT2D eigenvalue weighted by molar-refractivity contribution is 5.97. The lowest BCUT2D eigenvalue weighted by molar-refractivity contribution is 0.0917. The summed E-state index contributed by atoms with van der Waals surface area (Å²) in [7, 11) is 0. The van der Waals surface area contributed by atoms with Crippen LogP contribution in [0.3, 0.4) is 0 Å². The second-order valence-corrected chi connectivity index (χ2v) is 9.05. The maximum atomic E-state index is 15.6. The molecule has 0 saturated heterocycles. The van der Waals surface area contributed by atoms with Gasteiger partial charge in [-0.15, -0.1) is 0 Å². The summed E-state index contributed by atoms with van der Waals surface area (Å²) in [5, 5.41) is 7.30. The topological polar surface area (TPSA) is 68.5 Å². The predicted octanol–water partition coefficient (Wildman–Crippen LogP) is 5.44. The van der Waals surface area contributed by atoms with Crippen LogP contribution in [-0.2, 0) is 5.67 Å². The standard InChI is InChI=1S/C26H23F3N4O2/c1-14-23(15-10-16(27)12-17(28)11-15)33-24(31-14)22(26(2,3)29)19(13-30-33)25(34)32-20-8-9-35-21-7-5-4-6-18(20)21/h4-7,10-13,20H,8-9H2,1-3H3,(H,32,34)/t20-/m0/s1. The Morgan fingerprint density at radius 2 is 1.89 bits per heavy atom. The van der Waals surface area contributed by atoms with Gasteiger partial charge in [-0.3, -0.25) is 4.79 Å². The van der Waals surface area contributed by atoms with E-state index < -0.39 is 23.2 Å². The number of carbonyl (C=O) groups excluding carboxylic acids is 1. The van der Waals surface area contributed by atoms with Crippen LogP contribution in [0.1, 0.15) is 53.5 Å². The Balaban J connectivity index is 1.61. The van der Waals surface area contributed by atoms with Gasteiger partial charge in [0.25, 0.3) is 5.91 Å². The quantitative estimate of drug-likeness (QED) is 0.422. The van der Waals surface area contributed by atoms with E-state index in [-0.39, 0.29) is 28.4 Å². The largest absolute Gasteiger partial charge is 0.493 e. The lowest BCUT2D eigenvalue weighted by Gasteiger charge is -2.27. The van der Waals surface area contributed by atoms with Crippen molar-refractivity contribution in [3.05, 3.63) is 82.7 Å². The Morgan fingerprint density at radius 3 is 2.60 bits per heavy atom. The monoisotopic (exact) mass is 480 g/mol. The number of aromatic nitrogens is 3. The third-order valence-corrected chi connectivity index (χ3v) is 6.06. The SMILES string of the molecule is Cc1nc2c(C(C)(C)F)c(C(=O)N[C@H]3CCOc4ccccc43)cnn2c1-c1cc(F)cc(F)c1. The summed E-state index contributed by atoms with van der Waals surface area (Å²) in [5.41, 5.74) is -0.0274. The Kier molecular flexibility index (Phi) is 5.50. The smallest absolute Gasteiger partial charge is 0.253 e. The molecule has 5 rings (SSSR count). The van der Waals surface area contributed by atoms with E-state index in [4.69, 9.17) is 4.74 Å². The maximum absolute atomic E-state index is 15.6. The Bertz CT molecular complexity index is 1440. The van der Waals surface area contributed by atoms with Gasteiger partial charge in [-0.1, -0.05) is 18.2 Å². The summed E-state index contributed by atoms with van der Waals surface area (Å²) in [5.74, 6) is -1.32. The van der Waals surface area contributed by atoms with Gasteiger partial charge < -0.3 is 10.1 Å². The summed E-state index contributed by atoms with van der Waals surface area (Å²) in [6.45, 7) is 4.73. The number of fused-ring (bicyclic) bond motifs is 2. The summed E-state index contributed by atoms with van der Waals surface area (Å²) in [6, 6.07) is 10.2. The normalized spacial score (nSPS) is 15.5. The zero-order chi connectivity index (χ0) is 24.9. The molecule has 0 bridgehead atoms. The van der Waals surface area contributed by atoms with Crippen LogP contribution in [0.25, 0.3) is 16.9 Å². The van der Waals surface area contributed by atoms with E-state index in [9.17, 15) is 13.6 Å². The molecule has 1 amide bonds. The van der Waals surface area contributed by atoms with Gasteiger partial charge in [-0.2, -0.15) is 5.10 Å². The molecule has 0 spiro atoms. The summed E-state index contributed by atoms with van der Waals surface area (Å²) < 4.78 is 50.4. The molecule has 2 aromatic heterocycles. The number of benzene rings is 2. The van der Waals surface area contributed by atoms with Gasteiger partial charge in [0.2, 0.25) is 0 Å². The number of aryl methyl sites for hydroxylation is 1. The molecule has 0 saturated carbocycles. The van der Waals surface area contributed by atoms with Gasteiger partial charge in [0.15, 0.2) is 5.65 Å². The van der Waals surface area contributed by atoms with E-state index in [0.29, 0.717) is 30.2 Å². The van der Waals surface area contributed by atoms with Crippen LogP contribution in [0.15, 0.2) is 48.7 Å². The third kappa shape index (κ3) is 4.11. The lowest BCUT2D eigenvalue weighted by atomic mass is 9.95. The molecule has 1 aliphatic heterocycles. The molecular formula is C26H23F3N4O2. The van der Waals surface area contributed by atoms with Crippen molar-refractivity contribution < 1.29 is 22.7 Å². The van der Waals surface area contributed by atoms with Crippen molar-refractivity contribution in [3.8, 4) is 17.0 Å². The average molecular weight is 480 g/mol. The number of halogens is 3. The molecule has 1 aliphatic rings. The highest BCUT2D eigenvalue weighted by atomic mass is 19.1. The van der Waals surface area contributed by atoms with Crippen molar-refractivity contribution in [1.82, 2.24) is 19.9 Å². The number of rotatable bonds is 4. The van der Waals surface area contributed by atoms with Crippen LogP contribution in [0.2, 0.25) is 0 Å². The third-order valence-electron chi connectivity index (χ3n) is 6.06. The van der Waals surface area contributed by atoms with E-state index in [2.05, 4.69) is 15.4 Å². The fraction of sp³-hybridized carbons (Fsp3) is 0.269. The van der Waals surface area contributed by atoms with E-state index in [1.54, 1.807) is 6.92 Å². The number of ether oxygens (including phenoxy) is 1. The van der Waals surface area contributed by atoms with E-state index in [0.717, 1.165) is 23.8 Å². The van der Waals surface area contributed by atoms with Crippen molar-refractivity contribution >= 4 is 11.6 Å². The number of carbonyl (C=O) groups is 1. The molecule has 180 valence electrons. The number of imidazole rings is 1. The van der Waals surface area contributed by atoms with Crippen molar-refractivity contribution in [2.24, 2.45) is 0 Å². The van der Waals surface area contributed by atoms with Crippen molar-refractivity contribution in [2.75, 3.05) is 6.61 Å². The molecule has 0 fully saturated rings. The minimum atomic E-state index is -1.97. The van der Waals surface area contributed by atoms with E-state index >= 15 is 4.39 Å². The Morgan fingerprint density at radius 1 is 1.17 bits per heavy atom. The number of hydrogen-bond donors (Lipinski definition) is 1. The molecule has 0 unspecified atom stereocenters. The minimum absolute atomic E-state index is 0.0379. The van der Waals surface area contributed by atoms with Gasteiger partial charge in [0, 0.05) is 29.2 Å². The van der Waals surface area contributed by atoms with Gasteiger partial charge in [-0.25, -0.2) is 22.7 Å². The van der Waals surface area contributed by atoms with Crippen molar-refractivity contribution in [2.45, 2.75) is 38.9 Å². The van der Waals surface area contributed by atoms with Crippen molar-refractivity contribution in [3.63, 3.8) is 0 Å². The second kappa shape index (κ2) is 8.41. The van der Waals surface area contributed by atoms with Crippen LogP contribution >= 0.6 is 0 Å². The molecule has 3 heterocycles. The van der Waals surface area contributed by atoms with Crippen LogP contribution in [0.4, 0.5) is 13.2 Å². The molecular weight excluding hydrogens is 457 g/mol. The molecule has 1 N–H and O–H groups in total. The van der Waals surface area contributed by atoms with Crippen LogP contribution < -0.4 is 10.1 Å². The fourth-order valence-electron chi connectivity index (χ4n) is 4.60. The first-order valence-electron chi connectivity index (χ1n) is 11.2. The number of hydrogen-bond acceptors (Lipinski definition) is 4. The zero-order valence-corrected chi connectivity index (χ0v) is 19.4. The first kappa shape index (κ1) is 22.9. The lowest BCUT2D eigenvalue weighted by Crippen LogP contribution is -2.34. The molecule has 35 heavy (non-hydrogen) atoms. The summed E-state index contributed by atoms with van der Waals surface area (Å²) in [4.78, 5) is 17.8. The van der Waals surface area contributed by atoms with Gasteiger partial charge in [-0.05, 0) is 39.0 Å². The number of alkyl halides is 1. The highest BCUT2D eigenvalue weighted by Crippen LogP contribution is 2.36. The first-order chi connectivity index (χ1) is 16.6. The molecule has 9 heteroatoms. The zero-order valence-electron chi connectivity index (χ0n) is 19.4. The Labute approximate surface area is 199 Å². The highest BCUT2D eigenvalue weighted by Gasteiger charge is 2.33. The molecule has 0 radical (unpaired) electrons. The molecule has 4 aromatic rings. The number of amides is 1. The number of nitrogens with zero attached hydrogens (tertiary/aromatic N) is 3.